The number of hydrogen-bond acceptors (Lipinski definition) is 3. The molecule has 0 unspecified atom stereocenters. The lowest BCUT2D eigenvalue weighted by Crippen LogP contribution is -2.18. The van der Waals surface area contributed by atoms with Crippen LogP contribution in [-0.2, 0) is 13.1 Å². The molecule has 2 rings (SSSR count). The van der Waals surface area contributed by atoms with E-state index in [1.165, 1.54) is 16.8 Å². The molecule has 0 aliphatic heterocycles. The molecule has 0 spiro atoms. The second-order valence-corrected chi connectivity index (χ2v) is 4.04. The highest BCUT2D eigenvalue weighted by Crippen LogP contribution is 2.20. The van der Waals surface area contributed by atoms with E-state index in [-0.39, 0.29) is 0 Å². The molecule has 1 aromatic carbocycles. The van der Waals surface area contributed by atoms with Gasteiger partial charge in [0, 0.05) is 38.2 Å². The molecule has 2 N–H and O–H groups in total. The summed E-state index contributed by atoms with van der Waals surface area (Å²) in [4.78, 5) is 6.23. The van der Waals surface area contributed by atoms with E-state index in [1.54, 1.807) is 0 Å². The van der Waals surface area contributed by atoms with Crippen molar-refractivity contribution in [1.29, 1.82) is 0 Å². The highest BCUT2D eigenvalue weighted by atomic mass is 15.1. The van der Waals surface area contributed by atoms with Gasteiger partial charge in [0.2, 0.25) is 0 Å². The first-order valence-corrected chi connectivity index (χ1v) is 5.69. The molecule has 0 aliphatic carbocycles. The summed E-state index contributed by atoms with van der Waals surface area (Å²) in [5.74, 6) is 0. The zero-order valence-electron chi connectivity index (χ0n) is 10.0. The number of nitrogens with two attached hydrogens (primary N) is 1. The Morgan fingerprint density at radius 1 is 1.12 bits per heavy atom. The lowest BCUT2D eigenvalue weighted by molar-refractivity contribution is 0.901. The van der Waals surface area contributed by atoms with Crippen LogP contribution in [0.2, 0.25) is 0 Å². The van der Waals surface area contributed by atoms with Crippen molar-refractivity contribution >= 4 is 5.69 Å². The fourth-order valence-corrected chi connectivity index (χ4v) is 1.90. The standard InChI is InChI=1S/C14H17N3/c1-17(11-12-6-8-16-9-7-12)14-5-3-2-4-13(14)10-15/h2-9H,10-11,15H2,1H3. The maximum absolute atomic E-state index is 5.75. The highest BCUT2D eigenvalue weighted by Gasteiger charge is 2.05. The van der Waals surface area contributed by atoms with Crippen LogP contribution >= 0.6 is 0 Å². The Morgan fingerprint density at radius 3 is 2.53 bits per heavy atom. The van der Waals surface area contributed by atoms with Gasteiger partial charge in [0.25, 0.3) is 0 Å². The van der Waals surface area contributed by atoms with E-state index in [1.807, 2.05) is 36.7 Å². The number of rotatable bonds is 4. The van der Waals surface area contributed by atoms with Crippen LogP contribution < -0.4 is 10.6 Å². The highest BCUT2D eigenvalue weighted by molar-refractivity contribution is 5.53. The van der Waals surface area contributed by atoms with Crippen molar-refractivity contribution in [2.24, 2.45) is 5.73 Å². The molecule has 88 valence electrons. The van der Waals surface area contributed by atoms with Gasteiger partial charge in [-0.15, -0.1) is 0 Å². The molecule has 0 bridgehead atoms. The van der Waals surface area contributed by atoms with Crippen LogP contribution in [0, 0.1) is 0 Å². The van der Waals surface area contributed by atoms with Crippen LogP contribution in [0.15, 0.2) is 48.8 Å². The van der Waals surface area contributed by atoms with Gasteiger partial charge in [-0.25, -0.2) is 0 Å². The van der Waals surface area contributed by atoms with Gasteiger partial charge in [0.15, 0.2) is 0 Å². The number of nitrogens with zero attached hydrogens (tertiary/aromatic N) is 2. The Labute approximate surface area is 102 Å². The molecule has 3 heteroatoms. The predicted molar refractivity (Wildman–Crippen MR) is 70.7 cm³/mol. The second-order valence-electron chi connectivity index (χ2n) is 4.04. The van der Waals surface area contributed by atoms with Gasteiger partial charge in [-0.3, -0.25) is 4.98 Å². The lowest BCUT2D eigenvalue weighted by Gasteiger charge is -2.22. The van der Waals surface area contributed by atoms with Crippen LogP contribution in [0.3, 0.4) is 0 Å². The van der Waals surface area contributed by atoms with Crippen molar-refractivity contribution < 1.29 is 0 Å². The summed E-state index contributed by atoms with van der Waals surface area (Å²) in [7, 11) is 2.08. The molecule has 0 aliphatic rings. The molecule has 1 aromatic heterocycles. The van der Waals surface area contributed by atoms with Gasteiger partial charge >= 0.3 is 0 Å². The largest absolute Gasteiger partial charge is 0.370 e. The Hall–Kier alpha value is -1.87. The van der Waals surface area contributed by atoms with E-state index >= 15 is 0 Å². The van der Waals surface area contributed by atoms with E-state index in [0.717, 1.165) is 6.54 Å². The summed E-state index contributed by atoms with van der Waals surface area (Å²) >= 11 is 0. The van der Waals surface area contributed by atoms with Gasteiger partial charge in [-0.05, 0) is 29.3 Å². The van der Waals surface area contributed by atoms with Crippen molar-refractivity contribution in [1.82, 2.24) is 4.98 Å². The molecule has 0 amide bonds. The van der Waals surface area contributed by atoms with E-state index in [4.69, 9.17) is 5.73 Å². The average molecular weight is 227 g/mol. The third kappa shape index (κ3) is 2.82. The van der Waals surface area contributed by atoms with Crippen LogP contribution in [0.5, 0.6) is 0 Å². The smallest absolute Gasteiger partial charge is 0.0427 e. The molecule has 0 saturated carbocycles. The minimum atomic E-state index is 0.566. The van der Waals surface area contributed by atoms with E-state index in [0.29, 0.717) is 6.54 Å². The van der Waals surface area contributed by atoms with Crippen LogP contribution in [0.25, 0.3) is 0 Å². The van der Waals surface area contributed by atoms with Gasteiger partial charge in [0.1, 0.15) is 0 Å². The summed E-state index contributed by atoms with van der Waals surface area (Å²) < 4.78 is 0. The summed E-state index contributed by atoms with van der Waals surface area (Å²) in [5, 5.41) is 0. The zero-order chi connectivity index (χ0) is 12.1. The molecule has 3 nitrogen and oxygen atoms in total. The Morgan fingerprint density at radius 2 is 1.82 bits per heavy atom. The normalized spacial score (nSPS) is 10.2. The Kier molecular flexibility index (Phi) is 3.73. The van der Waals surface area contributed by atoms with Crippen LogP contribution in [0.1, 0.15) is 11.1 Å². The minimum Gasteiger partial charge on any atom is -0.370 e. The van der Waals surface area contributed by atoms with Crippen molar-refractivity contribution in [3.05, 3.63) is 59.9 Å². The van der Waals surface area contributed by atoms with E-state index in [2.05, 4.69) is 29.1 Å². The first-order chi connectivity index (χ1) is 8.31. The molecule has 2 aromatic rings. The van der Waals surface area contributed by atoms with Crippen molar-refractivity contribution in [3.63, 3.8) is 0 Å². The number of para-hydroxylation sites is 1. The molecular formula is C14H17N3. The fraction of sp³-hybridized carbons (Fsp3) is 0.214. The molecule has 0 fully saturated rings. The number of anilines is 1. The first kappa shape index (κ1) is 11.6. The van der Waals surface area contributed by atoms with E-state index < -0.39 is 0 Å². The summed E-state index contributed by atoms with van der Waals surface area (Å²) in [6.45, 7) is 1.43. The second kappa shape index (κ2) is 5.46. The summed E-state index contributed by atoms with van der Waals surface area (Å²) in [5.41, 5.74) is 9.35. The van der Waals surface area contributed by atoms with Crippen LogP contribution in [-0.4, -0.2) is 12.0 Å². The monoisotopic (exact) mass is 227 g/mol. The number of hydrogen-bond donors (Lipinski definition) is 1. The summed E-state index contributed by atoms with van der Waals surface area (Å²) in [6.07, 6.45) is 3.63. The molecule has 0 atom stereocenters. The first-order valence-electron chi connectivity index (χ1n) is 5.69. The zero-order valence-corrected chi connectivity index (χ0v) is 10.0. The average Bonchev–Trinajstić information content (AvgIpc) is 2.40. The van der Waals surface area contributed by atoms with Crippen LogP contribution in [0.4, 0.5) is 5.69 Å². The van der Waals surface area contributed by atoms with E-state index in [9.17, 15) is 0 Å². The SMILES string of the molecule is CN(Cc1ccncc1)c1ccccc1CN. The van der Waals surface area contributed by atoms with Gasteiger partial charge in [-0.2, -0.15) is 0 Å². The van der Waals surface area contributed by atoms with Gasteiger partial charge in [-0.1, -0.05) is 18.2 Å². The summed E-state index contributed by atoms with van der Waals surface area (Å²) in [6, 6.07) is 12.3. The third-order valence-corrected chi connectivity index (χ3v) is 2.79. The van der Waals surface area contributed by atoms with Crippen molar-refractivity contribution in [2.45, 2.75) is 13.1 Å². The fourth-order valence-electron chi connectivity index (χ4n) is 1.90. The van der Waals surface area contributed by atoms with Gasteiger partial charge in [0.05, 0.1) is 0 Å². The quantitative estimate of drug-likeness (QED) is 0.870. The molecule has 17 heavy (non-hydrogen) atoms. The number of benzene rings is 1. The lowest BCUT2D eigenvalue weighted by atomic mass is 10.1. The van der Waals surface area contributed by atoms with Crippen molar-refractivity contribution in [2.75, 3.05) is 11.9 Å². The number of pyridine rings is 1. The topological polar surface area (TPSA) is 42.2 Å². The maximum atomic E-state index is 5.75. The molecule has 1 heterocycles. The minimum absolute atomic E-state index is 0.566. The third-order valence-electron chi connectivity index (χ3n) is 2.79. The molecule has 0 saturated heterocycles. The van der Waals surface area contributed by atoms with Gasteiger partial charge < -0.3 is 10.6 Å². The molecule has 0 radical (unpaired) electrons. The predicted octanol–water partition coefficient (Wildman–Crippen LogP) is 2.18. The maximum Gasteiger partial charge on any atom is 0.0427 e. The molecular weight excluding hydrogens is 210 g/mol. The number of aromatic nitrogens is 1. The Bertz CT molecular complexity index is 468. The Balaban J connectivity index is 2.17. The van der Waals surface area contributed by atoms with Crippen molar-refractivity contribution in [3.8, 4) is 0 Å².